The van der Waals surface area contributed by atoms with Gasteiger partial charge in [0, 0.05) is 18.3 Å². The third-order valence-corrected chi connectivity index (χ3v) is 5.65. The lowest BCUT2D eigenvalue weighted by Gasteiger charge is -2.09. The van der Waals surface area contributed by atoms with E-state index in [2.05, 4.69) is 15.0 Å². The van der Waals surface area contributed by atoms with Crippen LogP contribution < -0.4 is 20.5 Å². The second-order valence-corrected chi connectivity index (χ2v) is 8.18. The van der Waals surface area contributed by atoms with Crippen LogP contribution in [0.3, 0.4) is 0 Å². The highest BCUT2D eigenvalue weighted by Crippen LogP contribution is 2.23. The van der Waals surface area contributed by atoms with Crippen LogP contribution in [0.4, 0.5) is 5.69 Å². The number of hydrogen-bond acceptors (Lipinski definition) is 4. The first-order chi connectivity index (χ1) is 14.5. The van der Waals surface area contributed by atoms with E-state index in [-0.39, 0.29) is 34.8 Å². The van der Waals surface area contributed by atoms with Crippen molar-refractivity contribution in [1.82, 2.24) is 4.72 Å². The van der Waals surface area contributed by atoms with Gasteiger partial charge in [-0.3, -0.25) is 0 Å². The Bertz CT molecular complexity index is 1110. The number of guanidine groups is 1. The van der Waals surface area contributed by atoms with Crippen LogP contribution in [-0.2, 0) is 16.6 Å². The van der Waals surface area contributed by atoms with Crippen molar-refractivity contribution in [2.24, 2.45) is 10.7 Å². The summed E-state index contributed by atoms with van der Waals surface area (Å²) in [4.78, 5) is 4.53. The molecule has 7 nitrogen and oxygen atoms in total. The number of hydrogen-bond donors (Lipinski definition) is 3. The minimum atomic E-state index is -3.46. The van der Waals surface area contributed by atoms with Crippen molar-refractivity contribution < 1.29 is 13.2 Å². The van der Waals surface area contributed by atoms with Crippen LogP contribution in [-0.4, -0.2) is 20.9 Å². The van der Waals surface area contributed by atoms with E-state index in [4.69, 9.17) is 10.5 Å². The number of halogens is 1. The SMILES string of the molecule is CCNS(=O)(=O)c1ccc(CN=C(N)Nc2cccc(Oc3ccccc3)c2)cc1.I. The zero-order valence-electron chi connectivity index (χ0n) is 17.0. The van der Waals surface area contributed by atoms with Crippen molar-refractivity contribution >= 4 is 45.6 Å². The van der Waals surface area contributed by atoms with E-state index in [0.29, 0.717) is 18.8 Å². The van der Waals surface area contributed by atoms with Gasteiger partial charge in [0.25, 0.3) is 0 Å². The largest absolute Gasteiger partial charge is 0.457 e. The number of ether oxygens (including phenoxy) is 1. The van der Waals surface area contributed by atoms with Gasteiger partial charge in [0.2, 0.25) is 10.0 Å². The molecule has 0 radical (unpaired) electrons. The van der Waals surface area contributed by atoms with Gasteiger partial charge >= 0.3 is 0 Å². The number of nitrogens with one attached hydrogen (secondary N) is 2. The summed E-state index contributed by atoms with van der Waals surface area (Å²) in [5.41, 5.74) is 7.58. The summed E-state index contributed by atoms with van der Waals surface area (Å²) >= 11 is 0. The Morgan fingerprint density at radius 1 is 0.968 bits per heavy atom. The van der Waals surface area contributed by atoms with Crippen LogP contribution in [0.1, 0.15) is 12.5 Å². The molecule has 31 heavy (non-hydrogen) atoms. The molecular formula is C22H25IN4O3S. The molecule has 0 fully saturated rings. The number of anilines is 1. The summed E-state index contributed by atoms with van der Waals surface area (Å²) in [6.45, 7) is 2.40. The molecule has 3 rings (SSSR count). The van der Waals surface area contributed by atoms with Crippen LogP contribution >= 0.6 is 24.0 Å². The predicted octanol–water partition coefficient (Wildman–Crippen LogP) is 4.32. The number of nitrogens with zero attached hydrogens (tertiary/aromatic N) is 1. The first kappa shape index (κ1) is 24.6. The first-order valence-electron chi connectivity index (χ1n) is 9.45. The van der Waals surface area contributed by atoms with Crippen molar-refractivity contribution in [3.05, 3.63) is 84.4 Å². The minimum absolute atomic E-state index is 0. The fourth-order valence-corrected chi connectivity index (χ4v) is 3.71. The summed E-state index contributed by atoms with van der Waals surface area (Å²) in [5, 5.41) is 3.03. The molecule has 3 aromatic carbocycles. The zero-order chi connectivity index (χ0) is 21.4. The fraction of sp³-hybridized carbons (Fsp3) is 0.136. The maximum Gasteiger partial charge on any atom is 0.240 e. The van der Waals surface area contributed by atoms with Gasteiger partial charge in [0.05, 0.1) is 11.4 Å². The molecule has 0 atom stereocenters. The Kier molecular flexibility index (Phi) is 9.28. The Morgan fingerprint density at radius 2 is 1.65 bits per heavy atom. The van der Waals surface area contributed by atoms with Gasteiger partial charge in [-0.25, -0.2) is 18.1 Å². The molecule has 0 aromatic heterocycles. The zero-order valence-corrected chi connectivity index (χ0v) is 20.1. The normalized spacial score (nSPS) is 11.5. The Morgan fingerprint density at radius 3 is 2.32 bits per heavy atom. The molecule has 3 aromatic rings. The van der Waals surface area contributed by atoms with Crippen LogP contribution in [0.5, 0.6) is 11.5 Å². The molecule has 0 spiro atoms. The molecule has 0 aliphatic carbocycles. The smallest absolute Gasteiger partial charge is 0.240 e. The summed E-state index contributed by atoms with van der Waals surface area (Å²) < 4.78 is 32.2. The Balaban J connectivity index is 0.00000341. The third-order valence-electron chi connectivity index (χ3n) is 4.09. The van der Waals surface area contributed by atoms with Crippen molar-refractivity contribution in [3.63, 3.8) is 0 Å². The van der Waals surface area contributed by atoms with Gasteiger partial charge in [-0.1, -0.05) is 43.3 Å². The van der Waals surface area contributed by atoms with Gasteiger partial charge in [-0.15, -0.1) is 24.0 Å². The van der Waals surface area contributed by atoms with E-state index in [0.717, 1.165) is 17.0 Å². The molecule has 4 N–H and O–H groups in total. The fourth-order valence-electron chi connectivity index (χ4n) is 2.67. The van der Waals surface area contributed by atoms with E-state index in [1.54, 1.807) is 31.2 Å². The molecule has 164 valence electrons. The highest BCUT2D eigenvalue weighted by atomic mass is 127. The Hall–Kier alpha value is -2.63. The summed E-state index contributed by atoms with van der Waals surface area (Å²) in [5.74, 6) is 1.67. The number of aliphatic imine (C=N–C) groups is 1. The number of sulfonamides is 1. The highest BCUT2D eigenvalue weighted by molar-refractivity contribution is 14.0. The van der Waals surface area contributed by atoms with Gasteiger partial charge < -0.3 is 15.8 Å². The number of nitrogens with two attached hydrogens (primary N) is 1. The van der Waals surface area contributed by atoms with Gasteiger partial charge in [-0.2, -0.15) is 0 Å². The average Bonchev–Trinajstić information content (AvgIpc) is 2.73. The standard InChI is InChI=1S/C22H24N4O3S.HI/c1-2-25-30(27,28)21-13-11-17(12-14-21)16-24-22(23)26-18-7-6-10-20(15-18)29-19-8-4-3-5-9-19;/h3-15,25H,2,16H2,1H3,(H3,23,24,26);1H. The number of benzene rings is 3. The van der Waals surface area contributed by atoms with Crippen molar-refractivity contribution in [3.8, 4) is 11.5 Å². The van der Waals surface area contributed by atoms with Crippen LogP contribution in [0.15, 0.2) is 88.8 Å². The molecule has 0 saturated carbocycles. The van der Waals surface area contributed by atoms with Crippen LogP contribution in [0, 0.1) is 0 Å². The monoisotopic (exact) mass is 552 g/mol. The van der Waals surface area contributed by atoms with Crippen molar-refractivity contribution in [2.45, 2.75) is 18.4 Å². The lowest BCUT2D eigenvalue weighted by Crippen LogP contribution is -2.23. The second kappa shape index (κ2) is 11.7. The molecule has 0 saturated heterocycles. The van der Waals surface area contributed by atoms with Crippen LogP contribution in [0.25, 0.3) is 0 Å². The molecule has 0 bridgehead atoms. The van der Waals surface area contributed by atoms with E-state index in [9.17, 15) is 8.42 Å². The Labute approximate surface area is 199 Å². The van der Waals surface area contributed by atoms with Gasteiger partial charge in [0.15, 0.2) is 5.96 Å². The van der Waals surface area contributed by atoms with Crippen LogP contribution in [0.2, 0.25) is 0 Å². The lowest BCUT2D eigenvalue weighted by atomic mass is 10.2. The number of para-hydroxylation sites is 1. The van der Waals surface area contributed by atoms with E-state index in [1.807, 2.05) is 54.6 Å². The molecule has 0 amide bonds. The third kappa shape index (κ3) is 7.53. The quantitative estimate of drug-likeness (QED) is 0.219. The maximum atomic E-state index is 12.0. The molecule has 0 aliphatic rings. The molecule has 0 unspecified atom stereocenters. The van der Waals surface area contributed by atoms with Gasteiger partial charge in [-0.05, 0) is 42.0 Å². The van der Waals surface area contributed by atoms with E-state index in [1.165, 1.54) is 0 Å². The minimum Gasteiger partial charge on any atom is -0.457 e. The first-order valence-corrected chi connectivity index (χ1v) is 10.9. The summed E-state index contributed by atoms with van der Waals surface area (Å²) in [6.07, 6.45) is 0. The van der Waals surface area contributed by atoms with Crippen molar-refractivity contribution in [1.29, 1.82) is 0 Å². The summed E-state index contributed by atoms with van der Waals surface area (Å²) in [6, 6.07) is 23.4. The summed E-state index contributed by atoms with van der Waals surface area (Å²) in [7, 11) is -3.46. The lowest BCUT2D eigenvalue weighted by molar-refractivity contribution is 0.483. The number of rotatable bonds is 8. The van der Waals surface area contributed by atoms with E-state index < -0.39 is 10.0 Å². The van der Waals surface area contributed by atoms with Crippen molar-refractivity contribution in [2.75, 3.05) is 11.9 Å². The molecular weight excluding hydrogens is 527 g/mol. The predicted molar refractivity (Wildman–Crippen MR) is 135 cm³/mol. The molecule has 9 heteroatoms. The van der Waals surface area contributed by atoms with Gasteiger partial charge in [0.1, 0.15) is 11.5 Å². The molecule has 0 heterocycles. The maximum absolute atomic E-state index is 12.0. The average molecular weight is 552 g/mol. The highest BCUT2D eigenvalue weighted by Gasteiger charge is 2.11. The second-order valence-electron chi connectivity index (χ2n) is 6.41. The molecule has 0 aliphatic heterocycles. The topological polar surface area (TPSA) is 106 Å². The van der Waals surface area contributed by atoms with E-state index >= 15 is 0 Å².